The Balaban J connectivity index is 1.81. The van der Waals surface area contributed by atoms with Gasteiger partial charge in [0.1, 0.15) is 5.39 Å². The number of H-pyrrole nitrogens is 1. The lowest BCUT2D eigenvalue weighted by Gasteiger charge is -2.21. The van der Waals surface area contributed by atoms with Gasteiger partial charge in [0.05, 0.1) is 6.61 Å². The second-order valence-corrected chi connectivity index (χ2v) is 10.5. The van der Waals surface area contributed by atoms with Crippen LogP contribution in [-0.4, -0.2) is 13.3 Å². The highest BCUT2D eigenvalue weighted by Gasteiger charge is 2.41. The largest absolute Gasteiger partial charge is 0.369 e. The molecule has 1 heterocycles. The zero-order valence-corrected chi connectivity index (χ0v) is 18.8. The minimum absolute atomic E-state index is 0.230. The fourth-order valence-electron chi connectivity index (χ4n) is 4.38. The Labute approximate surface area is 185 Å². The third kappa shape index (κ3) is 3.54. The smallest absolute Gasteiger partial charge is 0.366 e. The van der Waals surface area contributed by atoms with E-state index in [1.807, 2.05) is 85.8 Å². The summed E-state index contributed by atoms with van der Waals surface area (Å²) < 4.78 is 25.3. The van der Waals surface area contributed by atoms with Crippen LogP contribution in [0.25, 0.3) is 32.4 Å². The molecule has 5 nitrogen and oxygen atoms in total. The Kier molecular flexibility index (Phi) is 5.16. The zero-order valence-electron chi connectivity index (χ0n) is 17.9. The lowest BCUT2D eigenvalue weighted by Crippen LogP contribution is -2.23. The third-order valence-corrected chi connectivity index (χ3v) is 8.01. The molecular weight excluding hydrogens is 421 g/mol. The molecule has 1 N–H and O–H groups in total. The molecule has 0 spiro atoms. The molecule has 0 fully saturated rings. The summed E-state index contributed by atoms with van der Waals surface area (Å²) in [4.78, 5) is 16.3. The second-order valence-electron chi connectivity index (χ2n) is 7.92. The van der Waals surface area contributed by atoms with Gasteiger partial charge in [-0.25, -0.2) is 4.79 Å². The first-order valence-corrected chi connectivity index (χ1v) is 12.7. The van der Waals surface area contributed by atoms with Crippen molar-refractivity contribution >= 4 is 39.8 Å². The van der Waals surface area contributed by atoms with Crippen molar-refractivity contribution in [3.05, 3.63) is 101 Å². The van der Waals surface area contributed by atoms with Crippen LogP contribution in [0.15, 0.2) is 88.1 Å². The number of aromatic amines is 1. The lowest BCUT2D eigenvalue weighted by atomic mass is 10.0. The van der Waals surface area contributed by atoms with Crippen molar-refractivity contribution in [3.63, 3.8) is 0 Å². The first-order chi connectivity index (χ1) is 15.5. The Morgan fingerprint density at radius 3 is 2.31 bits per heavy atom. The topological polar surface area (TPSA) is 70.7 Å². The van der Waals surface area contributed by atoms with Crippen LogP contribution in [-0.2, 0) is 9.09 Å². The quantitative estimate of drug-likeness (QED) is 0.248. The molecule has 5 aromatic rings. The van der Waals surface area contributed by atoms with Crippen molar-refractivity contribution in [2.75, 3.05) is 13.3 Å². The summed E-state index contributed by atoms with van der Waals surface area (Å²) in [7, 11) is -3.26. The first kappa shape index (κ1) is 20.6. The van der Waals surface area contributed by atoms with Gasteiger partial charge in [0.25, 0.3) is 0 Å². The molecule has 5 rings (SSSR count). The second kappa shape index (κ2) is 8.01. The third-order valence-electron chi connectivity index (χ3n) is 5.79. The van der Waals surface area contributed by atoms with Crippen molar-refractivity contribution in [1.29, 1.82) is 0 Å². The van der Waals surface area contributed by atoms with Gasteiger partial charge in [-0.05, 0) is 40.1 Å². The van der Waals surface area contributed by atoms with E-state index in [4.69, 9.17) is 8.94 Å². The van der Waals surface area contributed by atoms with E-state index in [0.717, 1.165) is 27.1 Å². The summed E-state index contributed by atoms with van der Waals surface area (Å²) in [5.41, 5.74) is 0.206. The molecule has 32 heavy (non-hydrogen) atoms. The summed E-state index contributed by atoms with van der Waals surface area (Å²) in [5, 5.41) is 4.36. The van der Waals surface area contributed by atoms with Crippen LogP contribution in [0.4, 0.5) is 0 Å². The number of hydrogen-bond acceptors (Lipinski definition) is 4. The summed E-state index contributed by atoms with van der Waals surface area (Å²) in [6.45, 7) is 3.70. The molecule has 0 amide bonds. The monoisotopic (exact) mass is 444 g/mol. The van der Waals surface area contributed by atoms with E-state index < -0.39 is 18.7 Å². The lowest BCUT2D eigenvalue weighted by molar-refractivity contribution is -0.379. The minimum atomic E-state index is -3.26. The van der Waals surface area contributed by atoms with Crippen molar-refractivity contribution in [1.82, 2.24) is 0 Å². The van der Waals surface area contributed by atoms with Crippen LogP contribution >= 0.6 is 7.37 Å². The summed E-state index contributed by atoms with van der Waals surface area (Å²) in [5.74, 6) is 0.230. The molecule has 0 aliphatic rings. The maximum Gasteiger partial charge on any atom is 0.366 e. The van der Waals surface area contributed by atoms with Crippen LogP contribution in [0.5, 0.6) is 0 Å². The highest BCUT2D eigenvalue weighted by molar-refractivity contribution is 7.58. The molecule has 0 saturated carbocycles. The fraction of sp³-hybridized carbons (Fsp3) is 0.154. The average molecular weight is 444 g/mol. The molecule has 0 saturated heterocycles. The van der Waals surface area contributed by atoms with Gasteiger partial charge in [0.2, 0.25) is 12.9 Å². The van der Waals surface area contributed by atoms with Crippen molar-refractivity contribution in [2.24, 2.45) is 0 Å². The predicted molar refractivity (Wildman–Crippen MR) is 127 cm³/mol. The summed E-state index contributed by atoms with van der Waals surface area (Å²) >= 11 is 0. The maximum atomic E-state index is 13.8. The van der Waals surface area contributed by atoms with Crippen LogP contribution < -0.4 is 10.6 Å². The number of benzene rings is 4. The minimum Gasteiger partial charge on any atom is -0.369 e. The van der Waals surface area contributed by atoms with Gasteiger partial charge in [-0.15, -0.1) is 0 Å². The number of hydrogen-bond donors (Lipinski definition) is 0. The van der Waals surface area contributed by atoms with Crippen LogP contribution in [0, 0.1) is 0 Å². The van der Waals surface area contributed by atoms with E-state index in [-0.39, 0.29) is 12.5 Å². The van der Waals surface area contributed by atoms with E-state index in [0.29, 0.717) is 10.9 Å². The summed E-state index contributed by atoms with van der Waals surface area (Å²) in [6.07, 6.45) is 0. The molecule has 160 valence electrons. The highest BCUT2D eigenvalue weighted by atomic mass is 31.2. The van der Waals surface area contributed by atoms with E-state index in [2.05, 4.69) is 4.98 Å². The van der Waals surface area contributed by atoms with Gasteiger partial charge in [-0.2, -0.15) is 4.98 Å². The number of rotatable bonds is 5. The maximum absolute atomic E-state index is 13.8. The molecule has 6 heteroatoms. The molecule has 0 bridgehead atoms. The van der Waals surface area contributed by atoms with Gasteiger partial charge in [0.15, 0.2) is 5.66 Å². The Bertz CT molecular complexity index is 1570. The molecule has 0 radical (unpaired) electrons. The molecule has 2 atom stereocenters. The van der Waals surface area contributed by atoms with Gasteiger partial charge >= 0.3 is 11.5 Å². The molecule has 0 aliphatic heterocycles. The predicted octanol–water partition coefficient (Wildman–Crippen LogP) is 5.95. The normalized spacial score (nSPS) is 14.6. The van der Waals surface area contributed by atoms with Crippen LogP contribution in [0.1, 0.15) is 24.0 Å². The van der Waals surface area contributed by atoms with E-state index in [9.17, 15) is 9.36 Å². The number of aromatic nitrogens is 1. The average Bonchev–Trinajstić information content (AvgIpc) is 2.78. The van der Waals surface area contributed by atoms with E-state index >= 15 is 0 Å². The molecular formula is C26H23NO4P+. The van der Waals surface area contributed by atoms with Crippen LogP contribution in [0.3, 0.4) is 0 Å². The van der Waals surface area contributed by atoms with Crippen molar-refractivity contribution in [2.45, 2.75) is 12.6 Å². The molecule has 1 aromatic heterocycles. The number of fused-ring (bicyclic) bond motifs is 3. The molecule has 4 aromatic carbocycles. The first-order valence-electron chi connectivity index (χ1n) is 10.6. The van der Waals surface area contributed by atoms with E-state index in [1.165, 1.54) is 0 Å². The Hall–Kier alpha value is -3.27. The zero-order chi connectivity index (χ0) is 22.3. The highest BCUT2D eigenvalue weighted by Crippen LogP contribution is 2.60. The Morgan fingerprint density at radius 1 is 0.906 bits per heavy atom. The van der Waals surface area contributed by atoms with Crippen LogP contribution in [0.2, 0.25) is 0 Å². The van der Waals surface area contributed by atoms with Gasteiger partial charge in [-0.1, -0.05) is 66.7 Å². The SMILES string of the molecule is CCOP(C)(=O)C(c1[nH+]c2cc3ccccc3cc2c(=O)o1)c1cccc2ccccc12. The Morgan fingerprint density at radius 2 is 1.56 bits per heavy atom. The van der Waals surface area contributed by atoms with E-state index in [1.54, 1.807) is 6.66 Å². The van der Waals surface area contributed by atoms with Crippen molar-refractivity contribution < 1.29 is 18.5 Å². The number of nitrogens with one attached hydrogen (secondary N) is 1. The molecule has 0 aliphatic carbocycles. The fourth-order valence-corrected chi connectivity index (χ4v) is 6.31. The van der Waals surface area contributed by atoms with Gasteiger partial charge in [-0.3, -0.25) is 4.57 Å². The summed E-state index contributed by atoms with van der Waals surface area (Å²) in [6, 6.07) is 25.3. The van der Waals surface area contributed by atoms with Crippen molar-refractivity contribution in [3.8, 4) is 0 Å². The molecule has 2 unspecified atom stereocenters. The standard InChI is InChI=1S/C26H22NO4P/c1-3-30-32(2,29)24(21-14-8-12-17-9-6-7-13-20(17)21)25-27-23-16-19-11-5-4-10-18(19)15-22(23)26(28)31-25/h4-16,24H,3H2,1-2H3/p+1. The van der Waals surface area contributed by atoms with Gasteiger partial charge < -0.3 is 8.94 Å². The van der Waals surface area contributed by atoms with Gasteiger partial charge in [0, 0.05) is 12.7 Å².